The molecule has 8 heteroatoms. The Balaban J connectivity index is 2.23. The first kappa shape index (κ1) is 15.4. The van der Waals surface area contributed by atoms with Crippen LogP contribution in [0.3, 0.4) is 0 Å². The summed E-state index contributed by atoms with van der Waals surface area (Å²) in [5.74, 6) is -0.522. The van der Waals surface area contributed by atoms with E-state index in [-0.39, 0.29) is 15.1 Å². The van der Waals surface area contributed by atoms with E-state index in [4.69, 9.17) is 0 Å². The van der Waals surface area contributed by atoms with Crippen molar-refractivity contribution in [2.24, 2.45) is 0 Å². The van der Waals surface area contributed by atoms with Crippen LogP contribution >= 0.6 is 27.3 Å². The summed E-state index contributed by atoms with van der Waals surface area (Å²) < 4.78 is 40.3. The zero-order valence-corrected chi connectivity index (χ0v) is 13.7. The van der Waals surface area contributed by atoms with E-state index in [2.05, 4.69) is 26.0 Å². The van der Waals surface area contributed by atoms with Crippen LogP contribution in [0.2, 0.25) is 0 Å². The van der Waals surface area contributed by atoms with Crippen LogP contribution in [0.25, 0.3) is 0 Å². The predicted octanol–water partition coefficient (Wildman–Crippen LogP) is 3.17. The third-order valence-electron chi connectivity index (χ3n) is 2.46. The zero-order valence-electron chi connectivity index (χ0n) is 10.5. The molecule has 4 nitrogen and oxygen atoms in total. The van der Waals surface area contributed by atoms with Crippen molar-refractivity contribution >= 4 is 43.0 Å². The Labute approximate surface area is 129 Å². The van der Waals surface area contributed by atoms with Crippen molar-refractivity contribution in [3.8, 4) is 0 Å². The fourth-order valence-corrected chi connectivity index (χ4v) is 4.13. The van der Waals surface area contributed by atoms with Gasteiger partial charge in [-0.05, 0) is 47.2 Å². The zero-order chi connectivity index (χ0) is 14.8. The molecule has 0 saturated heterocycles. The lowest BCUT2D eigenvalue weighted by atomic mass is 10.3. The minimum atomic E-state index is -3.69. The molecule has 0 aliphatic carbocycles. The van der Waals surface area contributed by atoms with Crippen LogP contribution in [0.5, 0.6) is 0 Å². The SMILES string of the molecule is CNCc1cc(S(=O)(=O)Nc2ccc(Br)c(F)c2)cs1. The molecular formula is C12H12BrFN2O2S2. The summed E-state index contributed by atoms with van der Waals surface area (Å²) in [5, 5.41) is 4.51. The average Bonchev–Trinajstić information content (AvgIpc) is 2.83. The molecule has 0 spiro atoms. The molecule has 20 heavy (non-hydrogen) atoms. The summed E-state index contributed by atoms with van der Waals surface area (Å²) in [6, 6.07) is 5.67. The summed E-state index contributed by atoms with van der Waals surface area (Å²) in [6.45, 7) is 0.604. The molecule has 2 rings (SSSR count). The van der Waals surface area contributed by atoms with Gasteiger partial charge in [-0.15, -0.1) is 11.3 Å². The van der Waals surface area contributed by atoms with Crippen LogP contribution in [0.15, 0.2) is 39.0 Å². The van der Waals surface area contributed by atoms with Gasteiger partial charge in [-0.2, -0.15) is 0 Å². The van der Waals surface area contributed by atoms with Crippen molar-refractivity contribution in [1.82, 2.24) is 5.32 Å². The monoisotopic (exact) mass is 378 g/mol. The number of benzene rings is 1. The predicted molar refractivity (Wildman–Crippen MR) is 82.0 cm³/mol. The van der Waals surface area contributed by atoms with E-state index in [9.17, 15) is 12.8 Å². The maximum atomic E-state index is 13.4. The van der Waals surface area contributed by atoms with Gasteiger partial charge in [0.2, 0.25) is 0 Å². The van der Waals surface area contributed by atoms with Gasteiger partial charge in [-0.25, -0.2) is 12.8 Å². The number of anilines is 1. The van der Waals surface area contributed by atoms with Gasteiger partial charge >= 0.3 is 0 Å². The standard InChI is InChI=1S/C12H12BrFN2O2S2/c1-15-6-9-5-10(7-19-9)20(17,18)16-8-2-3-11(13)12(14)4-8/h2-5,7,15-16H,6H2,1H3. The smallest absolute Gasteiger partial charge is 0.262 e. The molecule has 2 aromatic rings. The molecule has 0 bridgehead atoms. The molecule has 0 unspecified atom stereocenters. The van der Waals surface area contributed by atoms with E-state index in [1.54, 1.807) is 18.5 Å². The molecule has 1 heterocycles. The molecule has 2 N–H and O–H groups in total. The van der Waals surface area contributed by atoms with Crippen molar-refractivity contribution in [3.05, 3.63) is 44.8 Å². The van der Waals surface area contributed by atoms with Crippen LogP contribution in [0, 0.1) is 5.82 Å². The normalized spacial score (nSPS) is 11.6. The number of hydrogen-bond acceptors (Lipinski definition) is 4. The van der Waals surface area contributed by atoms with Gasteiger partial charge in [0.1, 0.15) is 5.82 Å². The van der Waals surface area contributed by atoms with Gasteiger partial charge in [0, 0.05) is 16.8 Å². The Kier molecular flexibility index (Phi) is 4.79. The Morgan fingerprint density at radius 2 is 2.10 bits per heavy atom. The highest BCUT2D eigenvalue weighted by Crippen LogP contribution is 2.24. The lowest BCUT2D eigenvalue weighted by Crippen LogP contribution is -2.12. The Morgan fingerprint density at radius 3 is 2.75 bits per heavy atom. The molecule has 0 amide bonds. The molecule has 108 valence electrons. The van der Waals surface area contributed by atoms with E-state index >= 15 is 0 Å². The molecule has 0 radical (unpaired) electrons. The van der Waals surface area contributed by atoms with Crippen LogP contribution in [0.1, 0.15) is 4.88 Å². The first-order valence-electron chi connectivity index (χ1n) is 5.62. The van der Waals surface area contributed by atoms with Gasteiger partial charge in [0.05, 0.1) is 15.1 Å². The number of hydrogen-bond donors (Lipinski definition) is 2. The number of nitrogens with one attached hydrogen (secondary N) is 2. The summed E-state index contributed by atoms with van der Waals surface area (Å²) in [5.41, 5.74) is 0.187. The van der Waals surface area contributed by atoms with Crippen LogP contribution in [-0.2, 0) is 16.6 Å². The van der Waals surface area contributed by atoms with Crippen molar-refractivity contribution in [1.29, 1.82) is 0 Å². The van der Waals surface area contributed by atoms with E-state index in [0.717, 1.165) is 10.9 Å². The first-order chi connectivity index (χ1) is 9.42. The summed E-state index contributed by atoms with van der Waals surface area (Å²) >= 11 is 4.37. The van der Waals surface area contributed by atoms with Gasteiger partial charge in [-0.3, -0.25) is 4.72 Å². The molecule has 1 aromatic carbocycles. The van der Waals surface area contributed by atoms with E-state index in [0.29, 0.717) is 6.54 Å². The third kappa shape index (κ3) is 3.57. The second-order valence-corrected chi connectivity index (χ2v) is 7.55. The van der Waals surface area contributed by atoms with E-state index < -0.39 is 15.8 Å². The molecule has 1 aromatic heterocycles. The van der Waals surface area contributed by atoms with Crippen LogP contribution in [0.4, 0.5) is 10.1 Å². The van der Waals surface area contributed by atoms with E-state index in [1.807, 2.05) is 0 Å². The summed E-state index contributed by atoms with van der Waals surface area (Å²) in [6.07, 6.45) is 0. The number of rotatable bonds is 5. The maximum absolute atomic E-state index is 13.4. The Morgan fingerprint density at radius 1 is 1.35 bits per heavy atom. The van der Waals surface area contributed by atoms with Gasteiger partial charge in [0.25, 0.3) is 10.0 Å². The van der Waals surface area contributed by atoms with Gasteiger partial charge in [0.15, 0.2) is 0 Å². The second kappa shape index (κ2) is 6.21. The number of halogens is 2. The highest BCUT2D eigenvalue weighted by Gasteiger charge is 2.16. The molecular weight excluding hydrogens is 367 g/mol. The quantitative estimate of drug-likeness (QED) is 0.839. The highest BCUT2D eigenvalue weighted by atomic mass is 79.9. The molecule has 0 saturated carbocycles. The highest BCUT2D eigenvalue weighted by molar-refractivity contribution is 9.10. The molecule has 0 aliphatic rings. The van der Waals surface area contributed by atoms with Crippen molar-refractivity contribution < 1.29 is 12.8 Å². The van der Waals surface area contributed by atoms with Crippen molar-refractivity contribution in [2.45, 2.75) is 11.4 Å². The minimum absolute atomic E-state index is 0.177. The fourth-order valence-electron chi connectivity index (χ4n) is 1.54. The van der Waals surface area contributed by atoms with Crippen LogP contribution < -0.4 is 10.0 Å². The third-order valence-corrected chi connectivity index (χ3v) is 5.55. The lowest BCUT2D eigenvalue weighted by molar-refractivity contribution is 0.601. The molecule has 0 atom stereocenters. The maximum Gasteiger partial charge on any atom is 0.262 e. The topological polar surface area (TPSA) is 58.2 Å². The average molecular weight is 379 g/mol. The molecule has 0 aliphatic heterocycles. The Bertz CT molecular complexity index is 716. The first-order valence-corrected chi connectivity index (χ1v) is 8.78. The lowest BCUT2D eigenvalue weighted by Gasteiger charge is -2.07. The van der Waals surface area contributed by atoms with Crippen LogP contribution in [-0.4, -0.2) is 15.5 Å². The van der Waals surface area contributed by atoms with Crippen molar-refractivity contribution in [2.75, 3.05) is 11.8 Å². The Hall–Kier alpha value is -0.960. The number of sulfonamides is 1. The molecule has 0 fully saturated rings. The fraction of sp³-hybridized carbons (Fsp3) is 0.167. The summed E-state index contributed by atoms with van der Waals surface area (Å²) in [7, 11) is -1.90. The number of thiophene rings is 1. The second-order valence-electron chi connectivity index (χ2n) is 4.01. The largest absolute Gasteiger partial charge is 0.315 e. The van der Waals surface area contributed by atoms with Crippen molar-refractivity contribution in [3.63, 3.8) is 0 Å². The minimum Gasteiger partial charge on any atom is -0.315 e. The van der Waals surface area contributed by atoms with E-state index in [1.165, 1.54) is 23.5 Å². The van der Waals surface area contributed by atoms with Gasteiger partial charge < -0.3 is 5.32 Å². The van der Waals surface area contributed by atoms with Gasteiger partial charge in [-0.1, -0.05) is 0 Å². The summed E-state index contributed by atoms with van der Waals surface area (Å²) in [4.78, 5) is 1.09.